The number of imidazole rings is 1. The zero-order valence-electron chi connectivity index (χ0n) is 21.7. The molecule has 12 heteroatoms. The number of methoxy groups -OCH3 is 3. The Morgan fingerprint density at radius 3 is 2.44 bits per heavy atom. The van der Waals surface area contributed by atoms with Gasteiger partial charge in [0, 0.05) is 6.20 Å². The number of carbonyl (C=O) groups excluding carboxylic acids is 3. The number of anilines is 1. The van der Waals surface area contributed by atoms with Crippen molar-refractivity contribution in [1.29, 1.82) is 0 Å². The number of ketones is 1. The number of esters is 1. The summed E-state index contributed by atoms with van der Waals surface area (Å²) in [5.41, 5.74) is 1.94. The predicted octanol–water partition coefficient (Wildman–Crippen LogP) is 3.84. The first-order valence-electron chi connectivity index (χ1n) is 11.7. The van der Waals surface area contributed by atoms with E-state index < -0.39 is 29.5 Å². The number of hydrogen-bond donors (Lipinski definition) is 1. The van der Waals surface area contributed by atoms with Gasteiger partial charge in [0.1, 0.15) is 16.2 Å². The van der Waals surface area contributed by atoms with Crippen molar-refractivity contribution in [1.82, 2.24) is 14.4 Å². The molecule has 1 aliphatic heterocycles. The largest absolute Gasteiger partial charge is 0.505 e. The van der Waals surface area contributed by atoms with Crippen LogP contribution in [0.15, 0.2) is 48.2 Å². The number of benzene rings is 1. The van der Waals surface area contributed by atoms with E-state index in [0.717, 1.165) is 11.3 Å². The van der Waals surface area contributed by atoms with Crippen LogP contribution >= 0.6 is 11.3 Å². The van der Waals surface area contributed by atoms with Crippen molar-refractivity contribution in [2.45, 2.75) is 19.9 Å². The number of amides is 1. The minimum atomic E-state index is -1.10. The molecule has 1 unspecified atom stereocenters. The van der Waals surface area contributed by atoms with Gasteiger partial charge in [-0.3, -0.25) is 18.9 Å². The molecule has 0 bridgehead atoms. The number of carbonyl (C=O) groups is 3. The van der Waals surface area contributed by atoms with Gasteiger partial charge in [0.15, 0.2) is 22.4 Å². The zero-order chi connectivity index (χ0) is 28.0. The molecule has 200 valence electrons. The normalized spacial score (nSPS) is 16.6. The summed E-state index contributed by atoms with van der Waals surface area (Å²) in [4.78, 5) is 49.7. The van der Waals surface area contributed by atoms with Crippen molar-refractivity contribution in [3.8, 4) is 11.5 Å². The Kier molecular flexibility index (Phi) is 6.56. The fourth-order valence-electron chi connectivity index (χ4n) is 4.66. The lowest BCUT2D eigenvalue weighted by molar-refractivity contribution is -0.132. The summed E-state index contributed by atoms with van der Waals surface area (Å²) >= 11 is 0.918. The molecule has 1 aromatic carbocycles. The number of rotatable bonds is 6. The zero-order valence-corrected chi connectivity index (χ0v) is 22.5. The third-order valence-corrected chi connectivity index (χ3v) is 7.60. The standard InChI is InChI=1S/C27H24N4O7S/c1-13-20(30-11-7-6-8-18(30)28-13)22(32)19-21(15-9-10-16(36-3)17(12-15)37-4)31(25(34)23(19)33)27-29-14(2)24(39-27)26(35)38-5/h6-12,21,32H,1-5H3. The van der Waals surface area contributed by atoms with Gasteiger partial charge >= 0.3 is 11.9 Å². The number of aromatic nitrogens is 3. The maximum atomic E-state index is 13.6. The van der Waals surface area contributed by atoms with E-state index in [4.69, 9.17) is 14.2 Å². The van der Waals surface area contributed by atoms with Crippen molar-refractivity contribution in [3.63, 3.8) is 0 Å². The van der Waals surface area contributed by atoms with Gasteiger partial charge in [-0.15, -0.1) is 0 Å². The summed E-state index contributed by atoms with van der Waals surface area (Å²) in [5, 5.41) is 11.8. The van der Waals surface area contributed by atoms with Crippen LogP contribution in [0, 0.1) is 13.8 Å². The van der Waals surface area contributed by atoms with E-state index in [2.05, 4.69) is 9.97 Å². The van der Waals surface area contributed by atoms with E-state index in [-0.39, 0.29) is 21.3 Å². The molecule has 5 rings (SSSR count). The van der Waals surface area contributed by atoms with Gasteiger partial charge in [-0.05, 0) is 43.7 Å². The van der Waals surface area contributed by atoms with E-state index in [0.29, 0.717) is 34.1 Å². The van der Waals surface area contributed by atoms with Crippen LogP contribution in [0.3, 0.4) is 0 Å². The Bertz CT molecular complexity index is 1690. The average Bonchev–Trinajstić information content (AvgIpc) is 3.57. The maximum Gasteiger partial charge on any atom is 0.350 e. The smallest absolute Gasteiger partial charge is 0.350 e. The van der Waals surface area contributed by atoms with Gasteiger partial charge < -0.3 is 19.3 Å². The van der Waals surface area contributed by atoms with Crippen molar-refractivity contribution < 1.29 is 33.7 Å². The van der Waals surface area contributed by atoms with Crippen molar-refractivity contribution in [2.75, 3.05) is 26.2 Å². The second kappa shape index (κ2) is 9.87. The third-order valence-electron chi connectivity index (χ3n) is 6.46. The van der Waals surface area contributed by atoms with E-state index in [1.165, 1.54) is 26.2 Å². The molecule has 0 aliphatic carbocycles. The second-order valence-corrected chi connectivity index (χ2v) is 9.64. The predicted molar refractivity (Wildman–Crippen MR) is 142 cm³/mol. The molecule has 11 nitrogen and oxygen atoms in total. The molecule has 0 spiro atoms. The lowest BCUT2D eigenvalue weighted by Gasteiger charge is -2.23. The van der Waals surface area contributed by atoms with E-state index >= 15 is 0 Å². The van der Waals surface area contributed by atoms with Crippen LogP contribution in [0.25, 0.3) is 11.4 Å². The highest BCUT2D eigenvalue weighted by Gasteiger charge is 2.49. The average molecular weight is 549 g/mol. The van der Waals surface area contributed by atoms with Crippen LogP contribution in [0.2, 0.25) is 0 Å². The van der Waals surface area contributed by atoms with Gasteiger partial charge in [-0.1, -0.05) is 23.5 Å². The van der Waals surface area contributed by atoms with Crippen LogP contribution in [0.4, 0.5) is 5.13 Å². The molecule has 0 saturated carbocycles. The summed E-state index contributed by atoms with van der Waals surface area (Å²) in [6.07, 6.45) is 1.71. The molecule has 1 atom stereocenters. The first kappa shape index (κ1) is 25.9. The third kappa shape index (κ3) is 4.09. The number of thiazole rings is 1. The quantitative estimate of drug-likeness (QED) is 0.165. The van der Waals surface area contributed by atoms with E-state index in [9.17, 15) is 19.5 Å². The minimum Gasteiger partial charge on any atom is -0.505 e. The van der Waals surface area contributed by atoms with Crippen LogP contribution in [0.5, 0.6) is 11.5 Å². The molecule has 1 saturated heterocycles. The Morgan fingerprint density at radius 1 is 1.00 bits per heavy atom. The summed E-state index contributed by atoms with van der Waals surface area (Å²) in [6.45, 7) is 3.31. The van der Waals surface area contributed by atoms with Gasteiger partial charge in [0.05, 0.1) is 44.3 Å². The number of Topliss-reactive ketones (excluding diaryl/α,β-unsaturated/α-hetero) is 1. The molecule has 3 aromatic heterocycles. The molecule has 39 heavy (non-hydrogen) atoms. The fourth-order valence-corrected chi connectivity index (χ4v) is 5.67. The number of aliphatic hydroxyl groups is 1. The van der Waals surface area contributed by atoms with Gasteiger partial charge in [-0.25, -0.2) is 14.8 Å². The fraction of sp³-hybridized carbons (Fsp3) is 0.222. The Balaban J connectivity index is 1.79. The topological polar surface area (TPSA) is 133 Å². The molecular weight excluding hydrogens is 524 g/mol. The molecule has 1 amide bonds. The number of aryl methyl sites for hydroxylation is 2. The van der Waals surface area contributed by atoms with Crippen LogP contribution < -0.4 is 14.4 Å². The molecule has 1 N–H and O–H groups in total. The van der Waals surface area contributed by atoms with Crippen LogP contribution in [-0.2, 0) is 14.3 Å². The Morgan fingerprint density at radius 2 is 1.74 bits per heavy atom. The van der Waals surface area contributed by atoms with E-state index in [1.54, 1.807) is 60.8 Å². The molecule has 1 aliphatic rings. The van der Waals surface area contributed by atoms with Crippen LogP contribution in [-0.4, -0.2) is 58.5 Å². The minimum absolute atomic E-state index is 0.101. The lowest BCUT2D eigenvalue weighted by Crippen LogP contribution is -2.29. The van der Waals surface area contributed by atoms with Gasteiger partial charge in [0.2, 0.25) is 0 Å². The second-order valence-electron chi connectivity index (χ2n) is 8.66. The number of nitrogens with zero attached hydrogens (tertiary/aromatic N) is 4. The SMILES string of the molecule is COC(=O)c1sc(N2C(=O)C(=O)C(=C(O)c3c(C)nc4ccccn34)C2c2ccc(OC)c(OC)c2)nc1C. The first-order valence-corrected chi connectivity index (χ1v) is 12.6. The summed E-state index contributed by atoms with van der Waals surface area (Å²) < 4.78 is 17.3. The summed E-state index contributed by atoms with van der Waals surface area (Å²) in [5.74, 6) is -2.03. The highest BCUT2D eigenvalue weighted by atomic mass is 32.1. The summed E-state index contributed by atoms with van der Waals surface area (Å²) in [7, 11) is 4.20. The van der Waals surface area contributed by atoms with Crippen molar-refractivity contribution >= 4 is 45.5 Å². The van der Waals surface area contributed by atoms with Gasteiger partial charge in [-0.2, -0.15) is 0 Å². The monoisotopic (exact) mass is 548 g/mol. The number of ether oxygens (including phenoxy) is 3. The highest BCUT2D eigenvalue weighted by Crippen LogP contribution is 2.45. The summed E-state index contributed by atoms with van der Waals surface area (Å²) in [6, 6.07) is 9.16. The number of hydrogen-bond acceptors (Lipinski definition) is 10. The Hall–Kier alpha value is -4.71. The molecule has 4 heterocycles. The van der Waals surface area contributed by atoms with Crippen molar-refractivity contribution in [3.05, 3.63) is 75.7 Å². The van der Waals surface area contributed by atoms with Crippen LogP contribution in [0.1, 0.15) is 38.4 Å². The van der Waals surface area contributed by atoms with Crippen molar-refractivity contribution in [2.24, 2.45) is 0 Å². The number of fused-ring (bicyclic) bond motifs is 1. The molecule has 1 fully saturated rings. The highest BCUT2D eigenvalue weighted by molar-refractivity contribution is 7.17. The first-order chi connectivity index (χ1) is 18.7. The molecule has 4 aromatic rings. The van der Waals surface area contributed by atoms with Gasteiger partial charge in [0.25, 0.3) is 5.78 Å². The lowest BCUT2D eigenvalue weighted by atomic mass is 9.96. The van der Waals surface area contributed by atoms with E-state index in [1.807, 2.05) is 0 Å². The number of pyridine rings is 1. The number of aliphatic hydroxyl groups excluding tert-OH is 1. The molecule has 0 radical (unpaired) electrons. The maximum absolute atomic E-state index is 13.6. The Labute approximate surface area is 226 Å². The molecular formula is C27H24N4O7S.